The average Bonchev–Trinajstić information content (AvgIpc) is 2.84. The predicted molar refractivity (Wildman–Crippen MR) is 126 cm³/mol. The van der Waals surface area contributed by atoms with Gasteiger partial charge in [-0.05, 0) is 42.8 Å². The zero-order chi connectivity index (χ0) is 25.4. The molecule has 184 valence electrons. The van der Waals surface area contributed by atoms with E-state index in [2.05, 4.69) is 5.32 Å². The van der Waals surface area contributed by atoms with Gasteiger partial charge in [0.25, 0.3) is 5.91 Å². The number of hydrogen-bond donors (Lipinski definition) is 1. The largest absolute Gasteiger partial charge is 0.367 e. The fraction of sp³-hybridized carbons (Fsp3) is 0.208. The van der Waals surface area contributed by atoms with Crippen LogP contribution in [0.1, 0.15) is 15.9 Å². The van der Waals surface area contributed by atoms with Crippen molar-refractivity contribution in [3.8, 4) is 0 Å². The second-order valence-corrected chi connectivity index (χ2v) is 8.79. The third-order valence-corrected chi connectivity index (χ3v) is 6.47. The van der Waals surface area contributed by atoms with Gasteiger partial charge in [-0.25, -0.2) is 22.0 Å². The first-order chi connectivity index (χ1) is 16.6. The number of nitrogens with zero attached hydrogens (tertiary/aromatic N) is 2. The van der Waals surface area contributed by atoms with Gasteiger partial charge in [0.05, 0.1) is 10.7 Å². The summed E-state index contributed by atoms with van der Waals surface area (Å²) in [5, 5.41) is 3.52. The number of carbonyl (C=O) groups excluding carboxylic acids is 1. The Morgan fingerprint density at radius 1 is 0.771 bits per heavy atom. The molecule has 0 unspecified atom stereocenters. The van der Waals surface area contributed by atoms with Gasteiger partial charge in [0.15, 0.2) is 23.3 Å². The van der Waals surface area contributed by atoms with E-state index in [0.717, 1.165) is 10.5 Å². The van der Waals surface area contributed by atoms with E-state index >= 15 is 0 Å². The van der Waals surface area contributed by atoms with Gasteiger partial charge in [-0.15, -0.1) is 0 Å². The molecule has 0 atom stereocenters. The minimum atomic E-state index is -2.19. The molecule has 0 radical (unpaired) electrons. The van der Waals surface area contributed by atoms with Crippen molar-refractivity contribution in [3.05, 3.63) is 86.7 Å². The molecule has 0 aromatic heterocycles. The van der Waals surface area contributed by atoms with E-state index in [4.69, 9.17) is 23.2 Å². The molecule has 1 N–H and O–H groups in total. The van der Waals surface area contributed by atoms with E-state index in [-0.39, 0.29) is 32.1 Å². The second-order valence-electron chi connectivity index (χ2n) is 7.98. The maximum absolute atomic E-state index is 14.1. The third-order valence-electron chi connectivity index (χ3n) is 5.76. The Hall–Kier alpha value is -3.04. The van der Waals surface area contributed by atoms with Crippen LogP contribution in [0.15, 0.2) is 36.4 Å². The van der Waals surface area contributed by atoms with Gasteiger partial charge in [-0.1, -0.05) is 29.3 Å². The minimum absolute atomic E-state index is 0.00134. The van der Waals surface area contributed by atoms with Crippen molar-refractivity contribution >= 4 is 46.2 Å². The summed E-state index contributed by atoms with van der Waals surface area (Å²) in [6, 6.07) is 9.82. The van der Waals surface area contributed by atoms with Gasteiger partial charge in [-0.2, -0.15) is 0 Å². The number of aryl methyl sites for hydroxylation is 1. The van der Waals surface area contributed by atoms with E-state index in [0.29, 0.717) is 27.0 Å². The first-order valence-electron chi connectivity index (χ1n) is 10.5. The van der Waals surface area contributed by atoms with Crippen molar-refractivity contribution in [2.75, 3.05) is 41.3 Å². The summed E-state index contributed by atoms with van der Waals surface area (Å²) in [5.74, 6) is -10.2. The first kappa shape index (κ1) is 25.1. The number of nitrogens with one attached hydrogen (secondary N) is 1. The average molecular weight is 530 g/mol. The zero-order valence-corrected chi connectivity index (χ0v) is 19.8. The second kappa shape index (κ2) is 9.91. The van der Waals surface area contributed by atoms with Gasteiger partial charge < -0.3 is 15.1 Å². The van der Waals surface area contributed by atoms with E-state index in [9.17, 15) is 26.7 Å². The highest BCUT2D eigenvalue weighted by Crippen LogP contribution is 2.33. The molecular formula is C24H18Cl2F5N3O. The number of hydrogen-bond acceptors (Lipinski definition) is 3. The summed E-state index contributed by atoms with van der Waals surface area (Å²) >= 11 is 12.5. The van der Waals surface area contributed by atoms with Gasteiger partial charge in [-0.3, -0.25) is 4.79 Å². The lowest BCUT2D eigenvalue weighted by molar-refractivity contribution is 0.102. The Balaban J connectivity index is 1.45. The molecule has 35 heavy (non-hydrogen) atoms. The van der Waals surface area contributed by atoms with Gasteiger partial charge in [0.2, 0.25) is 5.82 Å². The number of rotatable bonds is 4. The Labute approximate surface area is 207 Å². The standard InChI is InChI=1S/C24H18Cl2F5N3O/c1-12-2-3-13(10-15(12)25)24(35)32-14-4-5-17(16(26)11-14)33-6-8-34(9-7-33)23-21(30)19(28)18(27)20(29)22(23)31/h2-5,10-11H,6-9H2,1H3,(H,32,35). The van der Waals surface area contributed by atoms with Crippen molar-refractivity contribution in [1.29, 1.82) is 0 Å². The number of carbonyl (C=O) groups is 1. The quantitative estimate of drug-likeness (QED) is 0.235. The fourth-order valence-electron chi connectivity index (χ4n) is 3.82. The Morgan fingerprint density at radius 3 is 1.91 bits per heavy atom. The summed E-state index contributed by atoms with van der Waals surface area (Å²) < 4.78 is 68.8. The van der Waals surface area contributed by atoms with E-state index in [1.54, 1.807) is 36.4 Å². The molecule has 1 heterocycles. The Bertz CT molecular complexity index is 1280. The molecule has 3 aromatic rings. The SMILES string of the molecule is Cc1ccc(C(=O)Nc2ccc(N3CCN(c4c(F)c(F)c(F)c(F)c4F)CC3)c(Cl)c2)cc1Cl. The lowest BCUT2D eigenvalue weighted by Gasteiger charge is -2.38. The molecule has 0 saturated carbocycles. The number of benzene rings is 3. The maximum atomic E-state index is 14.1. The predicted octanol–water partition coefficient (Wildman–Crippen LogP) is 6.58. The topological polar surface area (TPSA) is 35.6 Å². The van der Waals surface area contributed by atoms with Crippen LogP contribution in [0, 0.1) is 36.0 Å². The fourth-order valence-corrected chi connectivity index (χ4v) is 4.30. The summed E-state index contributed by atoms with van der Waals surface area (Å²) in [5.41, 5.74) is 1.32. The molecule has 4 nitrogen and oxygen atoms in total. The summed E-state index contributed by atoms with van der Waals surface area (Å²) in [7, 11) is 0. The lowest BCUT2D eigenvalue weighted by atomic mass is 10.1. The molecule has 3 aromatic carbocycles. The lowest BCUT2D eigenvalue weighted by Crippen LogP contribution is -2.47. The molecule has 1 aliphatic heterocycles. The van der Waals surface area contributed by atoms with Crippen LogP contribution in [0.25, 0.3) is 0 Å². The normalized spacial score (nSPS) is 13.8. The molecule has 1 fully saturated rings. The maximum Gasteiger partial charge on any atom is 0.255 e. The van der Waals surface area contributed by atoms with Crippen molar-refractivity contribution in [1.82, 2.24) is 0 Å². The molecule has 1 saturated heterocycles. The molecular weight excluding hydrogens is 512 g/mol. The smallest absolute Gasteiger partial charge is 0.255 e. The van der Waals surface area contributed by atoms with Crippen LogP contribution in [-0.4, -0.2) is 32.1 Å². The van der Waals surface area contributed by atoms with E-state index in [1.807, 2.05) is 11.8 Å². The summed E-state index contributed by atoms with van der Waals surface area (Å²) in [4.78, 5) is 15.4. The molecule has 4 rings (SSSR count). The van der Waals surface area contributed by atoms with Crippen LogP contribution in [-0.2, 0) is 0 Å². The van der Waals surface area contributed by atoms with Gasteiger partial charge >= 0.3 is 0 Å². The van der Waals surface area contributed by atoms with Crippen molar-refractivity contribution in [3.63, 3.8) is 0 Å². The molecule has 0 aliphatic carbocycles. The molecule has 1 aliphatic rings. The van der Waals surface area contributed by atoms with Crippen LogP contribution in [0.3, 0.4) is 0 Å². The highest BCUT2D eigenvalue weighted by molar-refractivity contribution is 6.33. The van der Waals surface area contributed by atoms with Crippen LogP contribution in [0.5, 0.6) is 0 Å². The van der Waals surface area contributed by atoms with Crippen LogP contribution < -0.4 is 15.1 Å². The monoisotopic (exact) mass is 529 g/mol. The molecule has 0 bridgehead atoms. The Morgan fingerprint density at radius 2 is 1.34 bits per heavy atom. The van der Waals surface area contributed by atoms with Gasteiger partial charge in [0.1, 0.15) is 5.69 Å². The van der Waals surface area contributed by atoms with Gasteiger partial charge in [0, 0.05) is 42.5 Å². The summed E-state index contributed by atoms with van der Waals surface area (Å²) in [6.45, 7) is 2.26. The van der Waals surface area contributed by atoms with Crippen LogP contribution >= 0.6 is 23.2 Å². The number of amides is 1. The number of halogens is 7. The van der Waals surface area contributed by atoms with Crippen molar-refractivity contribution in [2.45, 2.75) is 6.92 Å². The molecule has 1 amide bonds. The number of anilines is 3. The third kappa shape index (κ3) is 4.88. The minimum Gasteiger partial charge on any atom is -0.367 e. The van der Waals surface area contributed by atoms with Crippen LogP contribution in [0.4, 0.5) is 39.0 Å². The zero-order valence-electron chi connectivity index (χ0n) is 18.2. The number of piperazine rings is 1. The molecule has 0 spiro atoms. The molecule has 11 heteroatoms. The summed E-state index contributed by atoms with van der Waals surface area (Å²) in [6.07, 6.45) is 0. The van der Waals surface area contributed by atoms with Crippen molar-refractivity contribution in [2.24, 2.45) is 0 Å². The highest BCUT2D eigenvalue weighted by atomic mass is 35.5. The van der Waals surface area contributed by atoms with Crippen molar-refractivity contribution < 1.29 is 26.7 Å². The van der Waals surface area contributed by atoms with E-state index < -0.39 is 34.8 Å². The highest BCUT2D eigenvalue weighted by Gasteiger charge is 2.31. The first-order valence-corrected chi connectivity index (χ1v) is 11.2. The Kier molecular flexibility index (Phi) is 7.10. The van der Waals surface area contributed by atoms with E-state index in [1.165, 1.54) is 0 Å². The van der Waals surface area contributed by atoms with Crippen LogP contribution in [0.2, 0.25) is 10.0 Å².